The number of aliphatic hydroxyl groups excluding tert-OH is 2. The Balaban J connectivity index is 1.61. The molecule has 0 amide bonds. The number of phenols is 1. The molecule has 0 fully saturated rings. The molecule has 0 aliphatic carbocycles. The van der Waals surface area contributed by atoms with Gasteiger partial charge in [-0.05, 0) is 80.4 Å². The zero-order valence-electron chi connectivity index (χ0n) is 16.6. The summed E-state index contributed by atoms with van der Waals surface area (Å²) in [6, 6.07) is 13.7. The number of benzene rings is 2. The molecule has 0 radical (unpaired) electrons. The number of aliphatic hydroxyl groups is 2. The number of aromatic hydroxyl groups is 1. The molecule has 5 nitrogen and oxygen atoms in total. The Hall–Kier alpha value is -1.92. The molecule has 0 aliphatic heterocycles. The van der Waals surface area contributed by atoms with E-state index in [9.17, 15) is 15.3 Å². The van der Waals surface area contributed by atoms with Gasteiger partial charge in [0.15, 0.2) is 0 Å². The highest BCUT2D eigenvalue weighted by molar-refractivity contribution is 5.36. The Morgan fingerprint density at radius 3 is 2.14 bits per heavy atom. The Labute approximate surface area is 168 Å². The molecule has 0 spiro atoms. The van der Waals surface area contributed by atoms with Crippen molar-refractivity contribution in [1.82, 2.24) is 5.32 Å². The predicted molar refractivity (Wildman–Crippen MR) is 113 cm³/mol. The van der Waals surface area contributed by atoms with Crippen LogP contribution >= 0.6 is 0 Å². The van der Waals surface area contributed by atoms with Crippen molar-refractivity contribution in [2.45, 2.75) is 51.2 Å². The SMILES string of the molecule is NCCCCc1ccc(CCCCNCC(O)c2ccc(O)c(CO)c2)cc1. The van der Waals surface area contributed by atoms with Gasteiger partial charge in [-0.25, -0.2) is 0 Å². The van der Waals surface area contributed by atoms with Gasteiger partial charge in [0.1, 0.15) is 5.75 Å². The van der Waals surface area contributed by atoms with Crippen LogP contribution in [0, 0.1) is 0 Å². The summed E-state index contributed by atoms with van der Waals surface area (Å²) in [5, 5.41) is 32.3. The molecule has 1 unspecified atom stereocenters. The van der Waals surface area contributed by atoms with Gasteiger partial charge in [-0.15, -0.1) is 0 Å². The summed E-state index contributed by atoms with van der Waals surface area (Å²) >= 11 is 0. The number of unbranched alkanes of at least 4 members (excludes halogenated alkanes) is 2. The van der Waals surface area contributed by atoms with E-state index >= 15 is 0 Å². The Morgan fingerprint density at radius 2 is 1.54 bits per heavy atom. The number of nitrogens with one attached hydrogen (secondary N) is 1. The first-order valence-electron chi connectivity index (χ1n) is 10.2. The first kappa shape index (κ1) is 22.4. The van der Waals surface area contributed by atoms with Gasteiger partial charge in [0.2, 0.25) is 0 Å². The van der Waals surface area contributed by atoms with Crippen LogP contribution in [0.15, 0.2) is 42.5 Å². The predicted octanol–water partition coefficient (Wildman–Crippen LogP) is 2.81. The van der Waals surface area contributed by atoms with Crippen LogP contribution in [-0.2, 0) is 19.4 Å². The topological polar surface area (TPSA) is 98.7 Å². The Kier molecular flexibility index (Phi) is 10.0. The minimum absolute atomic E-state index is 0.0509. The molecule has 1 atom stereocenters. The summed E-state index contributed by atoms with van der Waals surface area (Å²) in [6.45, 7) is 1.82. The highest BCUT2D eigenvalue weighted by Crippen LogP contribution is 2.22. The maximum absolute atomic E-state index is 10.2. The van der Waals surface area contributed by atoms with Crippen LogP contribution in [0.1, 0.15) is 54.0 Å². The summed E-state index contributed by atoms with van der Waals surface area (Å²) < 4.78 is 0. The summed E-state index contributed by atoms with van der Waals surface area (Å²) in [6.07, 6.45) is 5.89. The lowest BCUT2D eigenvalue weighted by Gasteiger charge is -2.14. The fourth-order valence-electron chi connectivity index (χ4n) is 3.22. The average molecular weight is 387 g/mol. The van der Waals surface area contributed by atoms with E-state index in [2.05, 4.69) is 29.6 Å². The van der Waals surface area contributed by atoms with E-state index in [4.69, 9.17) is 5.73 Å². The molecule has 0 heterocycles. The fraction of sp³-hybridized carbons (Fsp3) is 0.478. The van der Waals surface area contributed by atoms with E-state index in [0.29, 0.717) is 17.7 Å². The normalized spacial score (nSPS) is 12.2. The van der Waals surface area contributed by atoms with Gasteiger partial charge >= 0.3 is 0 Å². The van der Waals surface area contributed by atoms with Gasteiger partial charge in [-0.2, -0.15) is 0 Å². The van der Waals surface area contributed by atoms with E-state index in [1.54, 1.807) is 12.1 Å². The van der Waals surface area contributed by atoms with Gasteiger partial charge in [0.25, 0.3) is 0 Å². The third-order valence-corrected chi connectivity index (χ3v) is 5.01. The molecule has 0 saturated heterocycles. The molecule has 0 aliphatic rings. The molecular formula is C23H34N2O3. The zero-order valence-corrected chi connectivity index (χ0v) is 16.6. The molecule has 2 aromatic carbocycles. The quantitative estimate of drug-likeness (QED) is 0.341. The lowest BCUT2D eigenvalue weighted by Crippen LogP contribution is -2.22. The van der Waals surface area contributed by atoms with Gasteiger partial charge in [-0.1, -0.05) is 30.3 Å². The molecule has 0 aromatic heterocycles. The number of rotatable bonds is 13. The van der Waals surface area contributed by atoms with E-state index in [-0.39, 0.29) is 12.4 Å². The molecule has 0 bridgehead atoms. The third kappa shape index (κ3) is 7.60. The zero-order chi connectivity index (χ0) is 20.2. The highest BCUT2D eigenvalue weighted by atomic mass is 16.3. The Bertz CT molecular complexity index is 689. The van der Waals surface area contributed by atoms with Crippen LogP contribution in [0.2, 0.25) is 0 Å². The summed E-state index contributed by atoms with van der Waals surface area (Å²) in [5.41, 5.74) is 9.41. The smallest absolute Gasteiger partial charge is 0.121 e. The van der Waals surface area contributed by atoms with Crippen molar-refractivity contribution in [3.63, 3.8) is 0 Å². The van der Waals surface area contributed by atoms with Gasteiger partial charge in [0, 0.05) is 12.1 Å². The average Bonchev–Trinajstić information content (AvgIpc) is 2.72. The van der Waals surface area contributed by atoms with E-state index < -0.39 is 6.10 Å². The van der Waals surface area contributed by atoms with Crippen molar-refractivity contribution in [1.29, 1.82) is 0 Å². The summed E-state index contributed by atoms with van der Waals surface area (Å²) in [4.78, 5) is 0. The van der Waals surface area contributed by atoms with E-state index in [0.717, 1.165) is 51.6 Å². The molecular weight excluding hydrogens is 352 g/mol. The number of hydrogen-bond donors (Lipinski definition) is 5. The highest BCUT2D eigenvalue weighted by Gasteiger charge is 2.09. The molecule has 5 heteroatoms. The van der Waals surface area contributed by atoms with Crippen LogP contribution in [0.25, 0.3) is 0 Å². The van der Waals surface area contributed by atoms with Crippen molar-refractivity contribution in [2.75, 3.05) is 19.6 Å². The lowest BCUT2D eigenvalue weighted by molar-refractivity contribution is 0.174. The molecule has 2 aromatic rings. The molecule has 154 valence electrons. The number of aryl methyl sites for hydroxylation is 2. The van der Waals surface area contributed by atoms with Crippen LogP contribution in [0.4, 0.5) is 0 Å². The second kappa shape index (κ2) is 12.5. The number of nitrogens with two attached hydrogens (primary N) is 1. The van der Waals surface area contributed by atoms with Crippen molar-refractivity contribution in [2.24, 2.45) is 5.73 Å². The fourth-order valence-corrected chi connectivity index (χ4v) is 3.22. The second-order valence-electron chi connectivity index (χ2n) is 7.29. The number of hydrogen-bond acceptors (Lipinski definition) is 5. The van der Waals surface area contributed by atoms with Crippen molar-refractivity contribution in [3.8, 4) is 5.75 Å². The molecule has 28 heavy (non-hydrogen) atoms. The van der Waals surface area contributed by atoms with Gasteiger partial charge < -0.3 is 26.4 Å². The summed E-state index contributed by atoms with van der Waals surface area (Å²) in [7, 11) is 0. The monoisotopic (exact) mass is 386 g/mol. The minimum atomic E-state index is -0.655. The van der Waals surface area contributed by atoms with Crippen molar-refractivity contribution < 1.29 is 15.3 Å². The Morgan fingerprint density at radius 1 is 0.893 bits per heavy atom. The largest absolute Gasteiger partial charge is 0.508 e. The minimum Gasteiger partial charge on any atom is -0.508 e. The first-order chi connectivity index (χ1) is 13.6. The molecule has 0 saturated carbocycles. The van der Waals surface area contributed by atoms with Crippen molar-refractivity contribution in [3.05, 3.63) is 64.7 Å². The van der Waals surface area contributed by atoms with Crippen molar-refractivity contribution >= 4 is 0 Å². The van der Waals surface area contributed by atoms with Crippen LogP contribution < -0.4 is 11.1 Å². The maximum atomic E-state index is 10.2. The lowest BCUT2D eigenvalue weighted by atomic mass is 10.0. The second-order valence-corrected chi connectivity index (χ2v) is 7.29. The standard InChI is InChI=1S/C23H34N2O3/c24-13-3-1-5-18-7-9-19(10-8-18)6-2-4-14-25-16-23(28)20-11-12-22(27)21(15-20)17-26/h7-12,15,23,25-28H,1-6,13-14,16-17,24H2. The van der Waals surface area contributed by atoms with E-state index in [1.807, 2.05) is 0 Å². The van der Waals surface area contributed by atoms with Crippen LogP contribution in [0.3, 0.4) is 0 Å². The van der Waals surface area contributed by atoms with Crippen LogP contribution in [0.5, 0.6) is 5.75 Å². The maximum Gasteiger partial charge on any atom is 0.121 e. The first-order valence-corrected chi connectivity index (χ1v) is 10.2. The molecule has 6 N–H and O–H groups in total. The summed E-state index contributed by atoms with van der Waals surface area (Å²) in [5.74, 6) is 0.0509. The molecule has 2 rings (SSSR count). The van der Waals surface area contributed by atoms with E-state index in [1.165, 1.54) is 17.2 Å². The van der Waals surface area contributed by atoms with Gasteiger partial charge in [0.05, 0.1) is 12.7 Å². The third-order valence-electron chi connectivity index (χ3n) is 5.01. The van der Waals surface area contributed by atoms with Crippen LogP contribution in [-0.4, -0.2) is 35.0 Å². The van der Waals surface area contributed by atoms with Gasteiger partial charge in [-0.3, -0.25) is 0 Å².